The van der Waals surface area contributed by atoms with Gasteiger partial charge in [0.1, 0.15) is 5.69 Å². The molecule has 0 fully saturated rings. The fourth-order valence-corrected chi connectivity index (χ4v) is 5.71. The molecule has 0 aliphatic rings. The van der Waals surface area contributed by atoms with E-state index in [2.05, 4.69) is 5.32 Å². The SMILES string of the molecule is CCOP(=O)(OCC)[C@@H](Nc1c(C)n(C)n(-c2ccccc2)c1=O)c1ccccc1Cl. The zero-order valence-corrected chi connectivity index (χ0v) is 19.7. The Labute approximate surface area is 187 Å². The van der Waals surface area contributed by atoms with Gasteiger partial charge in [-0.1, -0.05) is 48.0 Å². The minimum Gasteiger partial charge on any atom is -0.362 e. The average Bonchev–Trinajstić information content (AvgIpc) is 2.96. The first-order chi connectivity index (χ1) is 14.8. The van der Waals surface area contributed by atoms with Crippen LogP contribution in [-0.4, -0.2) is 22.6 Å². The van der Waals surface area contributed by atoms with Crippen LogP contribution in [0.1, 0.15) is 30.9 Å². The topological polar surface area (TPSA) is 74.5 Å². The summed E-state index contributed by atoms with van der Waals surface area (Å²) >= 11 is 6.44. The monoisotopic (exact) mass is 463 g/mol. The summed E-state index contributed by atoms with van der Waals surface area (Å²) in [6.07, 6.45) is 0. The lowest BCUT2D eigenvalue weighted by atomic mass is 10.2. The molecule has 0 unspecified atom stereocenters. The van der Waals surface area contributed by atoms with Gasteiger partial charge in [0.25, 0.3) is 5.56 Å². The maximum Gasteiger partial charge on any atom is 0.357 e. The lowest BCUT2D eigenvalue weighted by Crippen LogP contribution is -2.23. The van der Waals surface area contributed by atoms with E-state index in [0.29, 0.717) is 22.0 Å². The van der Waals surface area contributed by atoms with Gasteiger partial charge in [0.2, 0.25) is 0 Å². The number of halogens is 1. The molecule has 0 amide bonds. The number of benzene rings is 2. The van der Waals surface area contributed by atoms with E-state index in [0.717, 1.165) is 5.69 Å². The van der Waals surface area contributed by atoms with Crippen molar-refractivity contribution in [3.8, 4) is 5.69 Å². The van der Waals surface area contributed by atoms with Crippen LogP contribution in [0.4, 0.5) is 5.69 Å². The van der Waals surface area contributed by atoms with Crippen molar-refractivity contribution >= 4 is 24.9 Å². The van der Waals surface area contributed by atoms with Crippen molar-refractivity contribution in [1.29, 1.82) is 0 Å². The smallest absolute Gasteiger partial charge is 0.357 e. The molecule has 0 saturated heterocycles. The first-order valence-electron chi connectivity index (χ1n) is 10.1. The number of hydrogen-bond acceptors (Lipinski definition) is 5. The number of para-hydroxylation sites is 1. The standard InChI is InChI=1S/C22H27ClN3O4P/c1-5-29-31(28,30-6-2)21(18-14-10-11-15-19(18)23)24-20-16(3)25(4)26(22(20)27)17-12-8-7-9-13-17/h7-15,21,24H,5-6H2,1-4H3/t21-/m1/s1. The minimum atomic E-state index is -3.71. The van der Waals surface area contributed by atoms with Crippen molar-refractivity contribution in [2.24, 2.45) is 7.05 Å². The Morgan fingerprint density at radius 3 is 2.19 bits per heavy atom. The number of rotatable bonds is 9. The van der Waals surface area contributed by atoms with Crippen molar-refractivity contribution in [3.05, 3.63) is 81.2 Å². The summed E-state index contributed by atoms with van der Waals surface area (Å²) in [6, 6.07) is 16.3. The van der Waals surface area contributed by atoms with Gasteiger partial charge in [-0.3, -0.25) is 14.0 Å². The fourth-order valence-electron chi connectivity index (χ4n) is 3.44. The number of nitrogens with zero attached hydrogens (tertiary/aromatic N) is 2. The second kappa shape index (κ2) is 9.88. The molecule has 1 N–H and O–H groups in total. The van der Waals surface area contributed by atoms with Crippen LogP contribution in [0.3, 0.4) is 0 Å². The van der Waals surface area contributed by atoms with Gasteiger partial charge in [0.15, 0.2) is 5.78 Å². The number of hydrogen-bond donors (Lipinski definition) is 1. The predicted molar refractivity (Wildman–Crippen MR) is 124 cm³/mol. The van der Waals surface area contributed by atoms with E-state index >= 15 is 0 Å². The van der Waals surface area contributed by atoms with Crippen LogP contribution in [0.25, 0.3) is 5.69 Å². The van der Waals surface area contributed by atoms with Gasteiger partial charge in [-0.15, -0.1) is 0 Å². The highest BCUT2D eigenvalue weighted by atomic mass is 35.5. The van der Waals surface area contributed by atoms with Crippen molar-refractivity contribution < 1.29 is 13.6 Å². The van der Waals surface area contributed by atoms with Crippen LogP contribution in [0.5, 0.6) is 0 Å². The molecule has 0 bridgehead atoms. The van der Waals surface area contributed by atoms with Gasteiger partial charge in [0, 0.05) is 17.6 Å². The van der Waals surface area contributed by atoms with Crippen LogP contribution >= 0.6 is 19.2 Å². The van der Waals surface area contributed by atoms with Crippen molar-refractivity contribution in [2.75, 3.05) is 18.5 Å². The van der Waals surface area contributed by atoms with Gasteiger partial charge in [-0.2, -0.15) is 0 Å². The van der Waals surface area contributed by atoms with Crippen LogP contribution in [0, 0.1) is 6.92 Å². The molecule has 1 heterocycles. The molecule has 3 aromatic rings. The average molecular weight is 464 g/mol. The van der Waals surface area contributed by atoms with Gasteiger partial charge in [-0.05, 0) is 39.0 Å². The Morgan fingerprint density at radius 2 is 1.61 bits per heavy atom. The third-order valence-corrected chi connectivity index (χ3v) is 7.59. The lowest BCUT2D eigenvalue weighted by molar-refractivity contribution is 0.214. The highest BCUT2D eigenvalue weighted by molar-refractivity contribution is 7.54. The number of anilines is 1. The molecule has 3 rings (SSSR count). The molecule has 7 nitrogen and oxygen atoms in total. The van der Waals surface area contributed by atoms with E-state index in [1.54, 1.807) is 54.5 Å². The van der Waals surface area contributed by atoms with Crippen LogP contribution < -0.4 is 10.9 Å². The summed E-state index contributed by atoms with van der Waals surface area (Å²) in [7, 11) is -1.92. The second-order valence-electron chi connectivity index (χ2n) is 6.88. The Kier molecular flexibility index (Phi) is 7.44. The molecule has 1 aromatic heterocycles. The normalized spacial score (nSPS) is 12.7. The second-order valence-corrected chi connectivity index (χ2v) is 9.40. The van der Waals surface area contributed by atoms with Crippen molar-refractivity contribution in [1.82, 2.24) is 9.36 Å². The summed E-state index contributed by atoms with van der Waals surface area (Å²) in [5, 5.41) is 3.56. The number of nitrogens with one attached hydrogen (secondary N) is 1. The minimum absolute atomic E-state index is 0.182. The summed E-state index contributed by atoms with van der Waals surface area (Å²) in [5.74, 6) is -0.959. The van der Waals surface area contributed by atoms with Crippen LogP contribution in [0.2, 0.25) is 5.02 Å². The molecule has 0 aliphatic carbocycles. The van der Waals surface area contributed by atoms with Gasteiger partial charge in [-0.25, -0.2) is 4.68 Å². The van der Waals surface area contributed by atoms with E-state index in [1.165, 1.54) is 0 Å². The van der Waals surface area contributed by atoms with E-state index in [4.69, 9.17) is 20.6 Å². The quantitative estimate of drug-likeness (QED) is 0.423. The fraction of sp³-hybridized carbons (Fsp3) is 0.318. The Morgan fingerprint density at radius 1 is 1.03 bits per heavy atom. The Bertz CT molecular complexity index is 1130. The Balaban J connectivity index is 2.16. The molecular weight excluding hydrogens is 437 g/mol. The van der Waals surface area contributed by atoms with Crippen molar-refractivity contribution in [3.63, 3.8) is 0 Å². The van der Waals surface area contributed by atoms with Gasteiger partial charge in [0.05, 0.1) is 24.6 Å². The third-order valence-electron chi connectivity index (χ3n) is 4.97. The first kappa shape index (κ1) is 23.4. The summed E-state index contributed by atoms with van der Waals surface area (Å²) in [5.41, 5.74) is 1.95. The summed E-state index contributed by atoms with van der Waals surface area (Å²) in [4.78, 5) is 13.4. The molecule has 0 radical (unpaired) electrons. The third kappa shape index (κ3) is 4.65. The molecule has 0 saturated carbocycles. The summed E-state index contributed by atoms with van der Waals surface area (Å²) < 4.78 is 28.3. The van der Waals surface area contributed by atoms with Gasteiger partial charge < -0.3 is 14.4 Å². The molecule has 31 heavy (non-hydrogen) atoms. The van der Waals surface area contributed by atoms with Crippen LogP contribution in [0.15, 0.2) is 59.4 Å². The highest BCUT2D eigenvalue weighted by Crippen LogP contribution is 2.61. The maximum atomic E-state index is 13.8. The highest BCUT2D eigenvalue weighted by Gasteiger charge is 2.39. The molecule has 166 valence electrons. The van der Waals surface area contributed by atoms with E-state index < -0.39 is 13.4 Å². The lowest BCUT2D eigenvalue weighted by Gasteiger charge is -2.28. The van der Waals surface area contributed by atoms with Gasteiger partial charge >= 0.3 is 7.60 Å². The molecule has 9 heteroatoms. The van der Waals surface area contributed by atoms with E-state index in [-0.39, 0.29) is 18.8 Å². The molecule has 1 atom stereocenters. The zero-order chi connectivity index (χ0) is 22.6. The Hall–Kier alpha value is -2.31. The molecular formula is C22H27ClN3O4P. The van der Waals surface area contributed by atoms with E-state index in [1.807, 2.05) is 37.3 Å². The zero-order valence-electron chi connectivity index (χ0n) is 18.0. The number of aromatic nitrogens is 2. The molecule has 0 spiro atoms. The van der Waals surface area contributed by atoms with Crippen molar-refractivity contribution in [2.45, 2.75) is 26.6 Å². The molecule has 0 aliphatic heterocycles. The summed E-state index contributed by atoms with van der Waals surface area (Å²) in [6.45, 7) is 5.67. The van der Waals surface area contributed by atoms with Crippen LogP contribution in [-0.2, 0) is 20.7 Å². The maximum absolute atomic E-state index is 13.8. The first-order valence-corrected chi connectivity index (χ1v) is 12.1. The largest absolute Gasteiger partial charge is 0.362 e. The molecule has 2 aromatic carbocycles. The van der Waals surface area contributed by atoms with E-state index in [9.17, 15) is 9.36 Å². The predicted octanol–water partition coefficient (Wildman–Crippen LogP) is 5.51.